The van der Waals surface area contributed by atoms with E-state index in [1.54, 1.807) is 6.08 Å². The maximum Gasteiger partial charge on any atom is 0.193 e. The van der Waals surface area contributed by atoms with Crippen molar-refractivity contribution in [1.29, 1.82) is 0 Å². The Balaban J connectivity index is 1.98. The summed E-state index contributed by atoms with van der Waals surface area (Å²) in [6.07, 6.45) is 10.9. The molecule has 0 bridgehead atoms. The molecular formula is C26H28O4. The molecule has 30 heavy (non-hydrogen) atoms. The van der Waals surface area contributed by atoms with Gasteiger partial charge in [-0.15, -0.1) is 0 Å². The molecule has 0 saturated heterocycles. The van der Waals surface area contributed by atoms with Crippen molar-refractivity contribution < 1.29 is 19.4 Å². The van der Waals surface area contributed by atoms with Crippen molar-refractivity contribution in [3.8, 4) is 17.2 Å². The molecule has 156 valence electrons. The van der Waals surface area contributed by atoms with Crippen LogP contribution in [0.1, 0.15) is 55.1 Å². The van der Waals surface area contributed by atoms with E-state index in [4.69, 9.17) is 9.47 Å². The number of aromatic hydroxyl groups is 1. The second-order valence-corrected chi connectivity index (χ2v) is 7.89. The van der Waals surface area contributed by atoms with E-state index in [0.29, 0.717) is 17.1 Å². The quantitative estimate of drug-likeness (QED) is 0.339. The smallest absolute Gasteiger partial charge is 0.193 e. The molecule has 0 radical (unpaired) electrons. The Bertz CT molecular complexity index is 1010. The van der Waals surface area contributed by atoms with Gasteiger partial charge >= 0.3 is 0 Å². The molecule has 1 heterocycles. The van der Waals surface area contributed by atoms with E-state index in [1.807, 2.05) is 49.4 Å². The van der Waals surface area contributed by atoms with E-state index in [-0.39, 0.29) is 17.1 Å². The summed E-state index contributed by atoms with van der Waals surface area (Å²) in [5.74, 6) is 0.345. The predicted molar refractivity (Wildman–Crippen MR) is 121 cm³/mol. The Hall–Kier alpha value is -3.27. The Morgan fingerprint density at radius 1 is 1.23 bits per heavy atom. The molecule has 1 atom stereocenters. The first-order chi connectivity index (χ1) is 14.3. The number of allylic oxidation sites excluding steroid dienone is 3. The Kier molecular flexibility index (Phi) is 6.46. The number of hydrogen-bond acceptors (Lipinski definition) is 4. The fraction of sp³-hybridized carbons (Fsp3) is 0.269. The maximum atomic E-state index is 13.0. The molecule has 2 aromatic carbocycles. The lowest BCUT2D eigenvalue weighted by Crippen LogP contribution is -2.32. The lowest BCUT2D eigenvalue weighted by molar-refractivity contribution is 0.101. The topological polar surface area (TPSA) is 55.8 Å². The molecule has 0 saturated carbocycles. The SMILES string of the molecule is COc1cc(O)c(C(=O)/C=C/c2ccccc2)c2c1C=C[C@@](C)(CCC=C(C)C)O2. The van der Waals surface area contributed by atoms with Gasteiger partial charge in [0, 0.05) is 6.07 Å². The molecule has 4 nitrogen and oxygen atoms in total. The van der Waals surface area contributed by atoms with Gasteiger partial charge in [-0.3, -0.25) is 4.79 Å². The van der Waals surface area contributed by atoms with E-state index in [2.05, 4.69) is 19.9 Å². The Morgan fingerprint density at radius 3 is 2.63 bits per heavy atom. The lowest BCUT2D eigenvalue weighted by Gasteiger charge is -2.33. The fourth-order valence-electron chi connectivity index (χ4n) is 3.44. The Morgan fingerprint density at radius 2 is 1.97 bits per heavy atom. The number of rotatable bonds is 7. The van der Waals surface area contributed by atoms with Gasteiger partial charge in [0.15, 0.2) is 5.78 Å². The molecule has 1 aliphatic heterocycles. The number of ether oxygens (including phenoxy) is 2. The highest BCUT2D eigenvalue weighted by molar-refractivity contribution is 6.11. The van der Waals surface area contributed by atoms with Crippen LogP contribution in [0, 0.1) is 0 Å². The summed E-state index contributed by atoms with van der Waals surface area (Å²) in [4.78, 5) is 13.0. The lowest BCUT2D eigenvalue weighted by atomic mass is 9.92. The van der Waals surface area contributed by atoms with Crippen molar-refractivity contribution in [1.82, 2.24) is 0 Å². The molecule has 0 aliphatic carbocycles. The van der Waals surface area contributed by atoms with Crippen LogP contribution >= 0.6 is 0 Å². The van der Waals surface area contributed by atoms with E-state index < -0.39 is 5.60 Å². The zero-order chi connectivity index (χ0) is 21.7. The van der Waals surface area contributed by atoms with Gasteiger partial charge in [-0.25, -0.2) is 0 Å². The zero-order valence-electron chi connectivity index (χ0n) is 17.9. The highest BCUT2D eigenvalue weighted by Gasteiger charge is 2.33. The van der Waals surface area contributed by atoms with Crippen molar-refractivity contribution in [2.75, 3.05) is 7.11 Å². The summed E-state index contributed by atoms with van der Waals surface area (Å²) in [6.45, 7) is 6.11. The highest BCUT2D eigenvalue weighted by Crippen LogP contribution is 2.45. The summed E-state index contributed by atoms with van der Waals surface area (Å²) < 4.78 is 11.7. The van der Waals surface area contributed by atoms with E-state index in [0.717, 1.165) is 18.4 Å². The average molecular weight is 405 g/mol. The summed E-state index contributed by atoms with van der Waals surface area (Å²) in [5.41, 5.74) is 2.37. The summed E-state index contributed by atoms with van der Waals surface area (Å²) in [6, 6.07) is 11.0. The van der Waals surface area contributed by atoms with Crippen LogP contribution in [0.4, 0.5) is 0 Å². The van der Waals surface area contributed by atoms with Gasteiger partial charge in [-0.2, -0.15) is 0 Å². The molecule has 0 amide bonds. The minimum Gasteiger partial charge on any atom is -0.507 e. The number of phenols is 1. The van der Waals surface area contributed by atoms with Crippen molar-refractivity contribution >= 4 is 17.9 Å². The first-order valence-electron chi connectivity index (χ1n) is 10.1. The highest BCUT2D eigenvalue weighted by atomic mass is 16.5. The summed E-state index contributed by atoms with van der Waals surface area (Å²) >= 11 is 0. The molecule has 1 aliphatic rings. The number of ketones is 1. The molecule has 3 rings (SSSR count). The van der Waals surface area contributed by atoms with E-state index in [1.165, 1.54) is 24.8 Å². The van der Waals surface area contributed by atoms with Crippen LogP contribution in [0.3, 0.4) is 0 Å². The number of benzene rings is 2. The first-order valence-corrected chi connectivity index (χ1v) is 10.1. The largest absolute Gasteiger partial charge is 0.507 e. The molecule has 2 aromatic rings. The second kappa shape index (κ2) is 9.04. The van der Waals surface area contributed by atoms with Crippen LogP contribution in [0.5, 0.6) is 17.2 Å². The summed E-state index contributed by atoms with van der Waals surface area (Å²) in [5, 5.41) is 10.6. The van der Waals surface area contributed by atoms with Crippen molar-refractivity contribution in [2.45, 2.75) is 39.2 Å². The summed E-state index contributed by atoms with van der Waals surface area (Å²) in [7, 11) is 1.53. The van der Waals surface area contributed by atoms with Crippen LogP contribution in [0.15, 0.2) is 60.2 Å². The number of methoxy groups -OCH3 is 1. The van der Waals surface area contributed by atoms with Crippen LogP contribution in [0.2, 0.25) is 0 Å². The van der Waals surface area contributed by atoms with Gasteiger partial charge < -0.3 is 14.6 Å². The molecule has 4 heteroatoms. The normalized spacial score (nSPS) is 17.3. The molecule has 0 fully saturated rings. The molecule has 0 spiro atoms. The third kappa shape index (κ3) is 4.82. The van der Waals surface area contributed by atoms with Gasteiger partial charge in [0.2, 0.25) is 0 Å². The minimum atomic E-state index is -0.587. The maximum absolute atomic E-state index is 13.0. The third-order valence-electron chi connectivity index (χ3n) is 5.09. The minimum absolute atomic E-state index is 0.149. The number of carbonyl (C=O) groups excluding carboxylic acids is 1. The van der Waals surface area contributed by atoms with Crippen LogP contribution in [0.25, 0.3) is 12.2 Å². The molecule has 0 unspecified atom stereocenters. The monoisotopic (exact) mass is 404 g/mol. The number of hydrogen-bond donors (Lipinski definition) is 1. The van der Waals surface area contributed by atoms with E-state index in [9.17, 15) is 9.90 Å². The Labute approximate surface area is 178 Å². The van der Waals surface area contributed by atoms with Gasteiger partial charge in [0.1, 0.15) is 28.4 Å². The van der Waals surface area contributed by atoms with Gasteiger partial charge in [0.05, 0.1) is 12.7 Å². The third-order valence-corrected chi connectivity index (χ3v) is 5.09. The molecular weight excluding hydrogens is 376 g/mol. The number of carbonyl (C=O) groups is 1. The second-order valence-electron chi connectivity index (χ2n) is 7.89. The fourth-order valence-corrected chi connectivity index (χ4v) is 3.44. The van der Waals surface area contributed by atoms with Gasteiger partial charge in [0.25, 0.3) is 0 Å². The van der Waals surface area contributed by atoms with Crippen molar-refractivity contribution in [2.24, 2.45) is 0 Å². The van der Waals surface area contributed by atoms with Gasteiger partial charge in [-0.1, -0.05) is 48.1 Å². The standard InChI is InChI=1S/C26H28O4/c1-18(2)9-8-15-26(3)16-14-20-23(29-4)17-22(28)24(25(20)30-26)21(27)13-12-19-10-6-5-7-11-19/h5-7,9-14,16-17,28H,8,15H2,1-4H3/b13-12+/t26-/m1/s1. The molecule has 1 N–H and O–H groups in total. The van der Waals surface area contributed by atoms with Crippen LogP contribution in [-0.2, 0) is 0 Å². The van der Waals surface area contributed by atoms with Crippen molar-refractivity contribution in [3.05, 3.63) is 76.9 Å². The molecule has 0 aromatic heterocycles. The van der Waals surface area contributed by atoms with Crippen LogP contribution in [-0.4, -0.2) is 23.6 Å². The number of fused-ring (bicyclic) bond motifs is 1. The zero-order valence-corrected chi connectivity index (χ0v) is 17.9. The average Bonchev–Trinajstić information content (AvgIpc) is 2.71. The predicted octanol–water partition coefficient (Wildman–Crippen LogP) is 6.21. The first kappa shape index (κ1) is 21.4. The van der Waals surface area contributed by atoms with Crippen molar-refractivity contribution in [3.63, 3.8) is 0 Å². The van der Waals surface area contributed by atoms with E-state index >= 15 is 0 Å². The van der Waals surface area contributed by atoms with Gasteiger partial charge in [-0.05, 0) is 57.4 Å². The number of phenolic OH excluding ortho intramolecular Hbond substituents is 1. The van der Waals surface area contributed by atoms with Crippen LogP contribution < -0.4 is 9.47 Å².